The van der Waals surface area contributed by atoms with Gasteiger partial charge in [0, 0.05) is 16.8 Å². The third-order valence-electron chi connectivity index (χ3n) is 4.01. The van der Waals surface area contributed by atoms with E-state index in [9.17, 15) is 4.21 Å². The van der Waals surface area contributed by atoms with Crippen molar-refractivity contribution < 1.29 is 4.21 Å². The monoisotopic (exact) mass is 303 g/mol. The molecule has 1 unspecified atom stereocenters. The highest BCUT2D eigenvalue weighted by Crippen LogP contribution is 2.27. The maximum absolute atomic E-state index is 12.4. The highest BCUT2D eigenvalue weighted by molar-refractivity contribution is 7.84. The summed E-state index contributed by atoms with van der Waals surface area (Å²) >= 11 is 0. The van der Waals surface area contributed by atoms with Gasteiger partial charge in [0.1, 0.15) is 0 Å². The number of anilines is 1. The molecule has 5 heteroatoms. The summed E-state index contributed by atoms with van der Waals surface area (Å²) in [5.41, 5.74) is 7.27. The molecule has 0 aliphatic heterocycles. The normalized spacial score (nSPS) is 17.7. The lowest BCUT2D eigenvalue weighted by Gasteiger charge is -2.21. The second-order valence-corrected chi connectivity index (χ2v) is 7.09. The average Bonchev–Trinajstić information content (AvgIpc) is 2.97. The Balaban J connectivity index is 1.68. The number of nitrogen functional groups attached to an aromatic ring is 1. The lowest BCUT2D eigenvalue weighted by Crippen LogP contribution is -2.13. The highest BCUT2D eigenvalue weighted by Gasteiger charge is 2.16. The summed E-state index contributed by atoms with van der Waals surface area (Å²) in [6.07, 6.45) is 8.36. The van der Waals surface area contributed by atoms with Crippen LogP contribution in [0.2, 0.25) is 0 Å². The minimum Gasteiger partial charge on any atom is -0.399 e. The molecule has 1 heterocycles. The van der Waals surface area contributed by atoms with Crippen LogP contribution in [0.1, 0.15) is 43.8 Å². The van der Waals surface area contributed by atoms with Crippen LogP contribution < -0.4 is 5.73 Å². The average molecular weight is 303 g/mol. The number of hydrogen-bond acceptors (Lipinski definition) is 3. The van der Waals surface area contributed by atoms with Crippen LogP contribution in [-0.4, -0.2) is 14.0 Å². The Kier molecular flexibility index (Phi) is 4.39. The maximum atomic E-state index is 12.4. The molecule has 1 aromatic carbocycles. The molecule has 0 saturated heterocycles. The van der Waals surface area contributed by atoms with Crippen LogP contribution in [-0.2, 0) is 16.6 Å². The van der Waals surface area contributed by atoms with Crippen molar-refractivity contribution in [1.82, 2.24) is 9.78 Å². The summed E-state index contributed by atoms with van der Waals surface area (Å²) in [5, 5.41) is 4.61. The molecule has 2 N–H and O–H groups in total. The van der Waals surface area contributed by atoms with Gasteiger partial charge in [-0.05, 0) is 37.1 Å². The largest absolute Gasteiger partial charge is 0.399 e. The van der Waals surface area contributed by atoms with Crippen LogP contribution in [0.4, 0.5) is 5.69 Å². The van der Waals surface area contributed by atoms with Gasteiger partial charge in [-0.2, -0.15) is 5.10 Å². The molecule has 1 aromatic heterocycles. The van der Waals surface area contributed by atoms with Gasteiger partial charge in [-0.15, -0.1) is 0 Å². The van der Waals surface area contributed by atoms with Gasteiger partial charge in [-0.25, -0.2) is 0 Å². The molecule has 1 atom stereocenters. The Labute approximate surface area is 127 Å². The summed E-state index contributed by atoms with van der Waals surface area (Å²) in [7, 11) is -1.09. The molecule has 112 valence electrons. The van der Waals surface area contributed by atoms with Gasteiger partial charge >= 0.3 is 0 Å². The van der Waals surface area contributed by atoms with Crippen molar-refractivity contribution >= 4 is 16.5 Å². The smallest absolute Gasteiger partial charge is 0.0753 e. The van der Waals surface area contributed by atoms with Gasteiger partial charge in [-0.3, -0.25) is 8.89 Å². The van der Waals surface area contributed by atoms with E-state index in [4.69, 9.17) is 5.73 Å². The summed E-state index contributed by atoms with van der Waals surface area (Å²) in [6.45, 7) is 0. The zero-order valence-corrected chi connectivity index (χ0v) is 12.9. The van der Waals surface area contributed by atoms with Crippen LogP contribution >= 0.6 is 0 Å². The van der Waals surface area contributed by atoms with Gasteiger partial charge in [0.05, 0.1) is 28.3 Å². The topological polar surface area (TPSA) is 60.9 Å². The first-order chi connectivity index (χ1) is 10.2. The van der Waals surface area contributed by atoms with E-state index in [2.05, 4.69) is 9.78 Å². The summed E-state index contributed by atoms with van der Waals surface area (Å²) < 4.78 is 14.4. The first-order valence-electron chi connectivity index (χ1n) is 7.50. The first-order valence-corrected chi connectivity index (χ1v) is 8.82. The molecule has 4 nitrogen and oxygen atoms in total. The number of hydrogen-bond donors (Lipinski definition) is 1. The van der Waals surface area contributed by atoms with Crippen molar-refractivity contribution in [2.45, 2.75) is 48.8 Å². The van der Waals surface area contributed by atoms with Crippen molar-refractivity contribution in [2.24, 2.45) is 0 Å². The predicted octanol–water partition coefficient (Wildman–Crippen LogP) is 3.28. The summed E-state index contributed by atoms with van der Waals surface area (Å²) in [4.78, 5) is 0.766. The second kappa shape index (κ2) is 6.43. The molecule has 0 bridgehead atoms. The lowest BCUT2D eigenvalue weighted by atomic mass is 9.96. The van der Waals surface area contributed by atoms with E-state index in [-0.39, 0.29) is 0 Å². The zero-order chi connectivity index (χ0) is 14.7. The van der Waals surface area contributed by atoms with Crippen molar-refractivity contribution in [1.29, 1.82) is 0 Å². The van der Waals surface area contributed by atoms with E-state index in [0.717, 1.165) is 10.6 Å². The predicted molar refractivity (Wildman–Crippen MR) is 85.3 cm³/mol. The van der Waals surface area contributed by atoms with E-state index in [1.807, 2.05) is 24.4 Å². The van der Waals surface area contributed by atoms with Crippen molar-refractivity contribution in [3.8, 4) is 0 Å². The Morgan fingerprint density at radius 2 is 2.05 bits per heavy atom. The quantitative estimate of drug-likeness (QED) is 0.882. The number of aromatic nitrogens is 2. The maximum Gasteiger partial charge on any atom is 0.0753 e. The fraction of sp³-hybridized carbons (Fsp3) is 0.438. The third-order valence-corrected chi connectivity index (χ3v) is 5.35. The molecule has 1 aliphatic rings. The fourth-order valence-corrected chi connectivity index (χ4v) is 3.96. The molecule has 0 amide bonds. The molecule has 0 radical (unpaired) electrons. The minimum atomic E-state index is -1.09. The third kappa shape index (κ3) is 3.53. The highest BCUT2D eigenvalue weighted by atomic mass is 32.2. The molecule has 1 fully saturated rings. The number of rotatable bonds is 4. The van der Waals surface area contributed by atoms with Crippen molar-refractivity contribution in [3.63, 3.8) is 0 Å². The second-order valence-electron chi connectivity index (χ2n) is 5.64. The zero-order valence-electron chi connectivity index (χ0n) is 12.1. The van der Waals surface area contributed by atoms with E-state index in [1.165, 1.54) is 32.1 Å². The minimum absolute atomic E-state index is 0.448. The first kappa shape index (κ1) is 14.3. The Morgan fingerprint density at radius 1 is 1.24 bits per heavy atom. The Bertz CT molecular complexity index is 632. The lowest BCUT2D eigenvalue weighted by molar-refractivity contribution is 0.328. The number of nitrogens with two attached hydrogens (primary N) is 1. The van der Waals surface area contributed by atoms with E-state index in [1.54, 1.807) is 12.1 Å². The molecule has 1 aliphatic carbocycles. The Morgan fingerprint density at radius 3 is 2.81 bits per heavy atom. The van der Waals surface area contributed by atoms with Gasteiger partial charge < -0.3 is 5.73 Å². The SMILES string of the molecule is Nc1cccc(S(=O)Cc2ccn(C3CCCCC3)n2)c1. The van der Waals surface area contributed by atoms with Crippen LogP contribution in [0, 0.1) is 0 Å². The molecule has 3 rings (SSSR count). The number of nitrogens with zero attached hydrogens (tertiary/aromatic N) is 2. The van der Waals surface area contributed by atoms with Gasteiger partial charge in [0.2, 0.25) is 0 Å². The van der Waals surface area contributed by atoms with Gasteiger partial charge in [0.25, 0.3) is 0 Å². The van der Waals surface area contributed by atoms with Crippen LogP contribution in [0.15, 0.2) is 41.4 Å². The van der Waals surface area contributed by atoms with Gasteiger partial charge in [-0.1, -0.05) is 25.3 Å². The Hall–Kier alpha value is -1.62. The number of benzene rings is 1. The van der Waals surface area contributed by atoms with Crippen LogP contribution in [0.5, 0.6) is 0 Å². The van der Waals surface area contributed by atoms with E-state index < -0.39 is 10.8 Å². The summed E-state index contributed by atoms with van der Waals surface area (Å²) in [6, 6.07) is 9.77. The molecule has 0 spiro atoms. The fourth-order valence-electron chi connectivity index (χ4n) is 2.88. The van der Waals surface area contributed by atoms with Crippen molar-refractivity contribution in [3.05, 3.63) is 42.2 Å². The van der Waals surface area contributed by atoms with Crippen LogP contribution in [0.25, 0.3) is 0 Å². The molecular formula is C16H21N3OS. The van der Waals surface area contributed by atoms with Crippen LogP contribution in [0.3, 0.4) is 0 Å². The van der Waals surface area contributed by atoms with Gasteiger partial charge in [0.15, 0.2) is 0 Å². The molecule has 2 aromatic rings. The van der Waals surface area contributed by atoms with E-state index >= 15 is 0 Å². The van der Waals surface area contributed by atoms with E-state index in [0.29, 0.717) is 17.5 Å². The molecular weight excluding hydrogens is 282 g/mol. The molecule has 21 heavy (non-hydrogen) atoms. The standard InChI is InChI=1S/C16H21N3OS/c17-13-5-4-8-16(11-13)21(20)12-14-9-10-19(18-14)15-6-2-1-3-7-15/h4-5,8-11,15H,1-3,6-7,12,17H2. The molecule has 1 saturated carbocycles. The summed E-state index contributed by atoms with van der Waals surface area (Å²) in [5.74, 6) is 0.448. The van der Waals surface area contributed by atoms with Crippen molar-refractivity contribution in [2.75, 3.05) is 5.73 Å².